The van der Waals surface area contributed by atoms with Crippen molar-refractivity contribution in [1.29, 1.82) is 0 Å². The van der Waals surface area contributed by atoms with Crippen LogP contribution in [0.4, 0.5) is 0 Å². The lowest BCUT2D eigenvalue weighted by molar-refractivity contribution is -0.176. The van der Waals surface area contributed by atoms with Crippen LogP contribution in [0.3, 0.4) is 0 Å². The minimum Gasteiger partial charge on any atom is -0.355 e. The van der Waals surface area contributed by atoms with Crippen LogP contribution >= 0.6 is 0 Å². The monoisotopic (exact) mass is 202 g/mol. The van der Waals surface area contributed by atoms with Crippen LogP contribution in [0, 0.1) is 0 Å². The standard InChI is InChI=1S/C10H22O2Si/c1-4-7-10(13,11-8-5-2)12-9-6-3/h4H,1,5-9H2,2-3,13H3. The van der Waals surface area contributed by atoms with Crippen molar-refractivity contribution >= 4 is 10.2 Å². The predicted octanol–water partition coefficient (Wildman–Crippen LogP) is 1.43. The van der Waals surface area contributed by atoms with Crippen LogP contribution in [0.2, 0.25) is 0 Å². The van der Waals surface area contributed by atoms with Gasteiger partial charge in [-0.05, 0) is 12.8 Å². The molecular formula is C10H22O2Si. The highest BCUT2D eigenvalue weighted by atomic mass is 28.1. The van der Waals surface area contributed by atoms with Gasteiger partial charge >= 0.3 is 0 Å². The van der Waals surface area contributed by atoms with E-state index in [-0.39, 0.29) is 5.41 Å². The molecule has 0 amide bonds. The molecule has 0 aromatic carbocycles. The second-order valence-corrected chi connectivity index (χ2v) is 4.85. The summed E-state index contributed by atoms with van der Waals surface area (Å²) < 4.78 is 11.4. The highest BCUT2D eigenvalue weighted by Crippen LogP contribution is 2.15. The average Bonchev–Trinajstić information content (AvgIpc) is 2.12. The van der Waals surface area contributed by atoms with Crippen molar-refractivity contribution in [2.75, 3.05) is 13.2 Å². The molecule has 0 aliphatic heterocycles. The summed E-state index contributed by atoms with van der Waals surface area (Å²) in [7, 11) is 0.891. The van der Waals surface area contributed by atoms with E-state index in [9.17, 15) is 0 Å². The molecule has 0 spiro atoms. The molecule has 78 valence electrons. The Morgan fingerprint density at radius 2 is 1.69 bits per heavy atom. The molecule has 0 aromatic rings. The molecule has 0 unspecified atom stereocenters. The zero-order valence-electron chi connectivity index (χ0n) is 9.14. The zero-order valence-corrected chi connectivity index (χ0v) is 11.1. The Labute approximate surface area is 84.7 Å². The normalized spacial score (nSPS) is 11.8. The van der Waals surface area contributed by atoms with Gasteiger partial charge in [0.2, 0.25) is 0 Å². The zero-order chi connectivity index (χ0) is 10.2. The molecule has 0 atom stereocenters. The largest absolute Gasteiger partial charge is 0.355 e. The average molecular weight is 202 g/mol. The third kappa shape index (κ3) is 6.02. The quantitative estimate of drug-likeness (QED) is 0.337. The van der Waals surface area contributed by atoms with E-state index in [1.807, 2.05) is 6.08 Å². The summed E-state index contributed by atoms with van der Waals surface area (Å²) in [5.74, 6) is 0. The maximum Gasteiger partial charge on any atom is 0.144 e. The molecule has 0 aromatic heterocycles. The summed E-state index contributed by atoms with van der Waals surface area (Å²) in [5.41, 5.74) is -0.326. The lowest BCUT2D eigenvalue weighted by Crippen LogP contribution is -2.36. The van der Waals surface area contributed by atoms with Gasteiger partial charge in [-0.25, -0.2) is 0 Å². The van der Waals surface area contributed by atoms with E-state index in [1.165, 1.54) is 0 Å². The van der Waals surface area contributed by atoms with E-state index in [1.54, 1.807) is 0 Å². The topological polar surface area (TPSA) is 18.5 Å². The first-order valence-corrected chi connectivity index (χ1v) is 6.07. The SMILES string of the molecule is C=CCC([SiH3])(OCCC)OCCC. The molecule has 0 fully saturated rings. The maximum atomic E-state index is 5.69. The number of rotatable bonds is 8. The predicted molar refractivity (Wildman–Crippen MR) is 60.0 cm³/mol. The van der Waals surface area contributed by atoms with Gasteiger partial charge in [0.05, 0.1) is 10.2 Å². The maximum absolute atomic E-state index is 5.69. The van der Waals surface area contributed by atoms with Crippen LogP contribution in [0.15, 0.2) is 12.7 Å². The third-order valence-electron chi connectivity index (χ3n) is 1.74. The fraction of sp³-hybridized carbons (Fsp3) is 0.800. The Balaban J connectivity index is 3.90. The molecule has 0 N–H and O–H groups in total. The lowest BCUT2D eigenvalue weighted by atomic mass is 10.4. The van der Waals surface area contributed by atoms with Crippen LogP contribution in [-0.2, 0) is 9.47 Å². The minimum atomic E-state index is -0.326. The van der Waals surface area contributed by atoms with Gasteiger partial charge in [-0.1, -0.05) is 19.9 Å². The van der Waals surface area contributed by atoms with Crippen LogP contribution in [-0.4, -0.2) is 28.9 Å². The van der Waals surface area contributed by atoms with Crippen molar-refractivity contribution in [2.45, 2.75) is 38.5 Å². The van der Waals surface area contributed by atoms with Crippen LogP contribution in [0.25, 0.3) is 0 Å². The van der Waals surface area contributed by atoms with Crippen molar-refractivity contribution in [3.63, 3.8) is 0 Å². The van der Waals surface area contributed by atoms with Gasteiger partial charge in [0.15, 0.2) is 0 Å². The molecule has 0 radical (unpaired) electrons. The van der Waals surface area contributed by atoms with Crippen molar-refractivity contribution < 1.29 is 9.47 Å². The second kappa shape index (κ2) is 7.30. The number of ether oxygens (including phenoxy) is 2. The summed E-state index contributed by atoms with van der Waals surface area (Å²) in [5, 5.41) is 0. The van der Waals surface area contributed by atoms with Gasteiger partial charge in [0.25, 0.3) is 0 Å². The Hall–Kier alpha value is -0.123. The Morgan fingerprint density at radius 3 is 2.00 bits per heavy atom. The fourth-order valence-electron chi connectivity index (χ4n) is 1.06. The Bertz CT molecular complexity index is 129. The first-order chi connectivity index (χ1) is 6.18. The first kappa shape index (κ1) is 12.9. The smallest absolute Gasteiger partial charge is 0.144 e. The number of hydrogen-bond acceptors (Lipinski definition) is 2. The van der Waals surface area contributed by atoms with Crippen LogP contribution < -0.4 is 0 Å². The van der Waals surface area contributed by atoms with Gasteiger partial charge in [-0.15, -0.1) is 6.58 Å². The highest BCUT2D eigenvalue weighted by Gasteiger charge is 2.22. The van der Waals surface area contributed by atoms with Gasteiger partial charge in [0.1, 0.15) is 5.41 Å². The number of hydrogen-bond donors (Lipinski definition) is 0. The molecule has 0 aliphatic rings. The molecule has 2 nitrogen and oxygen atoms in total. The molecule has 0 bridgehead atoms. The Morgan fingerprint density at radius 1 is 1.23 bits per heavy atom. The van der Waals surface area contributed by atoms with Crippen molar-refractivity contribution in [3.8, 4) is 0 Å². The molecule has 3 heteroatoms. The second-order valence-electron chi connectivity index (χ2n) is 3.32. The first-order valence-electron chi connectivity index (χ1n) is 5.07. The molecule has 13 heavy (non-hydrogen) atoms. The molecule has 0 aliphatic carbocycles. The summed E-state index contributed by atoms with van der Waals surface area (Å²) in [4.78, 5) is 0. The van der Waals surface area contributed by atoms with Crippen molar-refractivity contribution in [2.24, 2.45) is 0 Å². The van der Waals surface area contributed by atoms with E-state index >= 15 is 0 Å². The summed E-state index contributed by atoms with van der Waals surface area (Å²) in [6.45, 7) is 9.50. The fourth-order valence-corrected chi connectivity index (χ4v) is 1.75. The molecule has 0 saturated carbocycles. The van der Waals surface area contributed by atoms with Gasteiger partial charge in [-0.2, -0.15) is 0 Å². The van der Waals surface area contributed by atoms with E-state index in [4.69, 9.17) is 9.47 Å². The summed E-state index contributed by atoms with van der Waals surface area (Å²) >= 11 is 0. The van der Waals surface area contributed by atoms with E-state index in [0.29, 0.717) is 0 Å². The summed E-state index contributed by atoms with van der Waals surface area (Å²) in [6.07, 6.45) is 4.75. The highest BCUT2D eigenvalue weighted by molar-refractivity contribution is 6.13. The van der Waals surface area contributed by atoms with Gasteiger partial charge < -0.3 is 9.47 Å². The van der Waals surface area contributed by atoms with Gasteiger partial charge in [-0.3, -0.25) is 0 Å². The van der Waals surface area contributed by atoms with Gasteiger partial charge in [0, 0.05) is 19.6 Å². The lowest BCUT2D eigenvalue weighted by Gasteiger charge is -2.29. The third-order valence-corrected chi connectivity index (χ3v) is 2.72. The molecular weight excluding hydrogens is 180 g/mol. The van der Waals surface area contributed by atoms with Crippen LogP contribution in [0.1, 0.15) is 33.1 Å². The summed E-state index contributed by atoms with van der Waals surface area (Å²) in [6, 6.07) is 0. The molecule has 0 heterocycles. The van der Waals surface area contributed by atoms with E-state index in [2.05, 4.69) is 20.4 Å². The van der Waals surface area contributed by atoms with Crippen molar-refractivity contribution in [3.05, 3.63) is 12.7 Å². The van der Waals surface area contributed by atoms with E-state index in [0.717, 1.165) is 42.7 Å². The molecule has 0 rings (SSSR count). The molecule has 0 saturated heterocycles. The van der Waals surface area contributed by atoms with Crippen molar-refractivity contribution in [1.82, 2.24) is 0 Å². The minimum absolute atomic E-state index is 0.326. The Kier molecular flexibility index (Phi) is 7.23. The van der Waals surface area contributed by atoms with E-state index < -0.39 is 0 Å². The van der Waals surface area contributed by atoms with Crippen LogP contribution in [0.5, 0.6) is 0 Å².